The Labute approximate surface area is 254 Å². The first-order valence-electron chi connectivity index (χ1n) is 14.9. The second-order valence-corrected chi connectivity index (χ2v) is 11.3. The second-order valence-electron chi connectivity index (χ2n) is 11.3. The standard InChI is InChI=1S/C41H25N3/c1-2-10-29(11-3-1)39-42-40(32-20-22-35-30(24-32)18-15-26-8-4-6-12-34(26)35)44-41(43-39)33-21-23-37-31(25-33)19-17-28-16-14-27-9-5-7-13-36(27)38(28)37/h1-25H. The Balaban J connectivity index is 1.24. The largest absolute Gasteiger partial charge is 0.208 e. The maximum Gasteiger partial charge on any atom is 0.164 e. The molecule has 9 aromatic rings. The first kappa shape index (κ1) is 24.6. The molecular weight excluding hydrogens is 534 g/mol. The molecule has 0 fully saturated rings. The van der Waals surface area contributed by atoms with Crippen LogP contribution < -0.4 is 0 Å². The average Bonchev–Trinajstić information content (AvgIpc) is 3.11. The summed E-state index contributed by atoms with van der Waals surface area (Å²) in [6, 6.07) is 53.5. The minimum atomic E-state index is 0.660. The molecule has 0 aliphatic rings. The van der Waals surface area contributed by atoms with Crippen molar-refractivity contribution in [3.63, 3.8) is 0 Å². The van der Waals surface area contributed by atoms with Crippen LogP contribution in [-0.4, -0.2) is 15.0 Å². The molecule has 9 rings (SSSR count). The van der Waals surface area contributed by atoms with E-state index in [1.165, 1.54) is 43.1 Å². The molecule has 0 radical (unpaired) electrons. The van der Waals surface area contributed by atoms with E-state index in [9.17, 15) is 0 Å². The molecule has 0 aliphatic carbocycles. The third kappa shape index (κ3) is 4.02. The number of rotatable bonds is 3. The zero-order valence-electron chi connectivity index (χ0n) is 23.8. The molecule has 204 valence electrons. The SMILES string of the molecule is c1ccc(-c2nc(-c3ccc4c(ccc5ccccc54)c3)nc(-c3ccc4c(ccc5ccc6ccccc6c54)c3)n2)cc1. The number of aromatic nitrogens is 3. The van der Waals surface area contributed by atoms with E-state index in [-0.39, 0.29) is 0 Å². The fourth-order valence-electron chi connectivity index (χ4n) is 6.48. The summed E-state index contributed by atoms with van der Waals surface area (Å²) in [5.41, 5.74) is 2.89. The van der Waals surface area contributed by atoms with Crippen molar-refractivity contribution in [2.24, 2.45) is 0 Å². The zero-order valence-corrected chi connectivity index (χ0v) is 23.8. The predicted molar refractivity (Wildman–Crippen MR) is 184 cm³/mol. The quantitative estimate of drug-likeness (QED) is 0.202. The molecule has 1 aromatic heterocycles. The highest BCUT2D eigenvalue weighted by Gasteiger charge is 2.14. The van der Waals surface area contributed by atoms with Crippen molar-refractivity contribution in [1.82, 2.24) is 15.0 Å². The number of benzene rings is 8. The van der Waals surface area contributed by atoms with Gasteiger partial charge in [0.1, 0.15) is 0 Å². The van der Waals surface area contributed by atoms with Gasteiger partial charge in [-0.25, -0.2) is 15.0 Å². The molecule has 0 saturated carbocycles. The summed E-state index contributed by atoms with van der Waals surface area (Å²) >= 11 is 0. The van der Waals surface area contributed by atoms with E-state index < -0.39 is 0 Å². The van der Waals surface area contributed by atoms with Crippen LogP contribution in [0.5, 0.6) is 0 Å². The van der Waals surface area contributed by atoms with E-state index in [1.54, 1.807) is 0 Å². The van der Waals surface area contributed by atoms with Crippen LogP contribution in [0.2, 0.25) is 0 Å². The van der Waals surface area contributed by atoms with Gasteiger partial charge in [0.05, 0.1) is 0 Å². The van der Waals surface area contributed by atoms with Gasteiger partial charge >= 0.3 is 0 Å². The van der Waals surface area contributed by atoms with E-state index in [1.807, 2.05) is 30.3 Å². The highest BCUT2D eigenvalue weighted by atomic mass is 15.0. The Morgan fingerprint density at radius 2 is 0.705 bits per heavy atom. The average molecular weight is 560 g/mol. The van der Waals surface area contributed by atoms with Crippen molar-refractivity contribution in [3.8, 4) is 34.2 Å². The van der Waals surface area contributed by atoms with Crippen molar-refractivity contribution in [1.29, 1.82) is 0 Å². The van der Waals surface area contributed by atoms with Gasteiger partial charge in [-0.3, -0.25) is 0 Å². The Kier molecular flexibility index (Phi) is 5.50. The third-order valence-corrected chi connectivity index (χ3v) is 8.65. The summed E-state index contributed by atoms with van der Waals surface area (Å²) in [6.45, 7) is 0. The molecule has 0 aliphatic heterocycles. The van der Waals surface area contributed by atoms with Gasteiger partial charge in [-0.1, -0.05) is 140 Å². The molecule has 0 saturated heterocycles. The summed E-state index contributed by atoms with van der Waals surface area (Å²) in [7, 11) is 0. The minimum Gasteiger partial charge on any atom is -0.208 e. The molecule has 0 atom stereocenters. The maximum atomic E-state index is 5.07. The summed E-state index contributed by atoms with van der Waals surface area (Å²) in [4.78, 5) is 15.0. The minimum absolute atomic E-state index is 0.660. The van der Waals surface area contributed by atoms with Crippen molar-refractivity contribution < 1.29 is 0 Å². The third-order valence-electron chi connectivity index (χ3n) is 8.65. The predicted octanol–water partition coefficient (Wildman–Crippen LogP) is 10.6. The van der Waals surface area contributed by atoms with E-state index in [0.29, 0.717) is 17.5 Å². The van der Waals surface area contributed by atoms with Crippen LogP contribution >= 0.6 is 0 Å². The highest BCUT2D eigenvalue weighted by molar-refractivity contribution is 6.20. The molecule has 44 heavy (non-hydrogen) atoms. The van der Waals surface area contributed by atoms with Crippen LogP contribution in [0.1, 0.15) is 0 Å². The van der Waals surface area contributed by atoms with Gasteiger partial charge in [0.2, 0.25) is 0 Å². The summed E-state index contributed by atoms with van der Waals surface area (Å²) in [5, 5.41) is 12.3. The molecule has 0 amide bonds. The summed E-state index contributed by atoms with van der Waals surface area (Å²) < 4.78 is 0. The zero-order chi connectivity index (χ0) is 29.0. The fourth-order valence-corrected chi connectivity index (χ4v) is 6.48. The monoisotopic (exact) mass is 559 g/mol. The number of nitrogens with zero attached hydrogens (tertiary/aromatic N) is 3. The Hall–Kier alpha value is -5.93. The molecule has 3 nitrogen and oxygen atoms in total. The first-order chi connectivity index (χ1) is 21.8. The van der Waals surface area contributed by atoms with Gasteiger partial charge in [0, 0.05) is 16.7 Å². The lowest BCUT2D eigenvalue weighted by atomic mass is 9.95. The molecule has 0 bridgehead atoms. The lowest BCUT2D eigenvalue weighted by molar-refractivity contribution is 1.08. The first-order valence-corrected chi connectivity index (χ1v) is 14.9. The van der Waals surface area contributed by atoms with Gasteiger partial charge in [0.25, 0.3) is 0 Å². The lowest BCUT2D eigenvalue weighted by Crippen LogP contribution is -2.00. The van der Waals surface area contributed by atoms with Crippen LogP contribution in [0.4, 0.5) is 0 Å². The smallest absolute Gasteiger partial charge is 0.164 e. The second kappa shape index (κ2) is 9.82. The molecule has 1 heterocycles. The number of hydrogen-bond acceptors (Lipinski definition) is 3. The summed E-state index contributed by atoms with van der Waals surface area (Å²) in [6.07, 6.45) is 0. The molecular formula is C41H25N3. The Bertz CT molecular complexity index is 2550. The number of hydrogen-bond donors (Lipinski definition) is 0. The van der Waals surface area contributed by atoms with Crippen molar-refractivity contribution in [3.05, 3.63) is 152 Å². The van der Waals surface area contributed by atoms with E-state index in [4.69, 9.17) is 15.0 Å². The maximum absolute atomic E-state index is 5.07. The van der Waals surface area contributed by atoms with Crippen molar-refractivity contribution >= 4 is 53.9 Å². The molecule has 0 unspecified atom stereocenters. The van der Waals surface area contributed by atoms with Crippen LogP contribution in [-0.2, 0) is 0 Å². The van der Waals surface area contributed by atoms with Gasteiger partial charge in [-0.05, 0) is 66.0 Å². The van der Waals surface area contributed by atoms with Crippen LogP contribution in [0.3, 0.4) is 0 Å². The topological polar surface area (TPSA) is 38.7 Å². The normalized spacial score (nSPS) is 11.6. The van der Waals surface area contributed by atoms with Crippen molar-refractivity contribution in [2.75, 3.05) is 0 Å². The van der Waals surface area contributed by atoms with Crippen LogP contribution in [0.15, 0.2) is 152 Å². The summed E-state index contributed by atoms with van der Waals surface area (Å²) in [5.74, 6) is 1.98. The van der Waals surface area contributed by atoms with Gasteiger partial charge in [-0.15, -0.1) is 0 Å². The molecule has 8 aromatic carbocycles. The Morgan fingerprint density at radius 3 is 1.39 bits per heavy atom. The lowest BCUT2D eigenvalue weighted by Gasteiger charge is -2.11. The van der Waals surface area contributed by atoms with E-state index in [0.717, 1.165) is 27.5 Å². The fraction of sp³-hybridized carbons (Fsp3) is 0. The number of fused-ring (bicyclic) bond motifs is 8. The Morgan fingerprint density at radius 1 is 0.273 bits per heavy atom. The van der Waals surface area contributed by atoms with Gasteiger partial charge in [-0.2, -0.15) is 0 Å². The van der Waals surface area contributed by atoms with Crippen LogP contribution in [0, 0.1) is 0 Å². The highest BCUT2D eigenvalue weighted by Crippen LogP contribution is 2.35. The molecule has 0 N–H and O–H groups in total. The van der Waals surface area contributed by atoms with Crippen molar-refractivity contribution in [2.45, 2.75) is 0 Å². The van der Waals surface area contributed by atoms with Crippen LogP contribution in [0.25, 0.3) is 88.0 Å². The molecule has 3 heteroatoms. The molecule has 0 spiro atoms. The van der Waals surface area contributed by atoms with Gasteiger partial charge in [0.15, 0.2) is 17.5 Å². The van der Waals surface area contributed by atoms with E-state index in [2.05, 4.69) is 121 Å². The van der Waals surface area contributed by atoms with E-state index >= 15 is 0 Å². The van der Waals surface area contributed by atoms with Gasteiger partial charge < -0.3 is 0 Å².